The second kappa shape index (κ2) is 7.11. The van der Waals surface area contributed by atoms with E-state index in [1.54, 1.807) is 17.8 Å². The molecule has 106 valence electrons. The summed E-state index contributed by atoms with van der Waals surface area (Å²) in [5, 5.41) is 0.445. The number of hydrogen-bond donors (Lipinski definition) is 1. The van der Waals surface area contributed by atoms with Gasteiger partial charge in [0.2, 0.25) is 0 Å². The standard InChI is InChI=1S/C16H17ClFNS/c1-11-3-2-4-15(7-11)20-10-14(19)8-12-5-6-13(18)9-16(12)17/h2-7,9,14H,8,10,19H2,1H3. The summed E-state index contributed by atoms with van der Waals surface area (Å²) in [7, 11) is 0. The van der Waals surface area contributed by atoms with E-state index in [-0.39, 0.29) is 11.9 Å². The average Bonchev–Trinajstić information content (AvgIpc) is 2.40. The number of benzene rings is 2. The highest BCUT2D eigenvalue weighted by Gasteiger charge is 2.09. The summed E-state index contributed by atoms with van der Waals surface area (Å²) in [4.78, 5) is 1.21. The van der Waals surface area contributed by atoms with Gasteiger partial charge in [-0.2, -0.15) is 0 Å². The fraction of sp³-hybridized carbons (Fsp3) is 0.250. The number of halogens is 2. The zero-order valence-corrected chi connectivity index (χ0v) is 12.8. The van der Waals surface area contributed by atoms with E-state index in [4.69, 9.17) is 17.3 Å². The lowest BCUT2D eigenvalue weighted by atomic mass is 10.1. The van der Waals surface area contributed by atoms with E-state index >= 15 is 0 Å². The molecule has 0 fully saturated rings. The van der Waals surface area contributed by atoms with Crippen LogP contribution in [0.15, 0.2) is 47.4 Å². The highest BCUT2D eigenvalue weighted by atomic mass is 35.5. The highest BCUT2D eigenvalue weighted by Crippen LogP contribution is 2.22. The first-order valence-electron chi connectivity index (χ1n) is 6.43. The molecular weight excluding hydrogens is 293 g/mol. The van der Waals surface area contributed by atoms with Gasteiger partial charge in [-0.15, -0.1) is 11.8 Å². The summed E-state index contributed by atoms with van der Waals surface area (Å²) in [6.45, 7) is 2.07. The molecule has 1 unspecified atom stereocenters. The SMILES string of the molecule is Cc1cccc(SCC(N)Cc2ccc(F)cc2Cl)c1. The molecule has 4 heteroatoms. The normalized spacial score (nSPS) is 12.4. The molecule has 0 spiro atoms. The first-order valence-corrected chi connectivity index (χ1v) is 7.80. The minimum Gasteiger partial charge on any atom is -0.327 e. The highest BCUT2D eigenvalue weighted by molar-refractivity contribution is 7.99. The van der Waals surface area contributed by atoms with Crippen molar-refractivity contribution in [1.82, 2.24) is 0 Å². The Balaban J connectivity index is 1.90. The van der Waals surface area contributed by atoms with Crippen LogP contribution in [0.4, 0.5) is 4.39 Å². The largest absolute Gasteiger partial charge is 0.327 e. The Labute approximate surface area is 128 Å². The molecule has 2 aromatic rings. The van der Waals surface area contributed by atoms with E-state index < -0.39 is 0 Å². The third-order valence-corrected chi connectivity index (χ3v) is 4.48. The molecule has 0 aliphatic carbocycles. The van der Waals surface area contributed by atoms with Crippen molar-refractivity contribution >= 4 is 23.4 Å². The Kier molecular flexibility index (Phi) is 5.46. The topological polar surface area (TPSA) is 26.0 Å². The number of thioether (sulfide) groups is 1. The second-order valence-corrected chi connectivity index (χ2v) is 6.33. The van der Waals surface area contributed by atoms with Crippen LogP contribution in [0.3, 0.4) is 0 Å². The molecule has 1 atom stereocenters. The maximum Gasteiger partial charge on any atom is 0.124 e. The minimum absolute atomic E-state index is 0.0107. The summed E-state index contributed by atoms with van der Waals surface area (Å²) < 4.78 is 13.0. The third-order valence-electron chi connectivity index (χ3n) is 2.95. The van der Waals surface area contributed by atoms with Crippen LogP contribution in [0.1, 0.15) is 11.1 Å². The summed E-state index contributed by atoms with van der Waals surface area (Å²) in [6.07, 6.45) is 0.651. The maximum atomic E-state index is 13.0. The molecule has 0 amide bonds. The van der Waals surface area contributed by atoms with Gasteiger partial charge in [-0.05, 0) is 43.2 Å². The van der Waals surface area contributed by atoms with Crippen molar-refractivity contribution in [3.8, 4) is 0 Å². The van der Waals surface area contributed by atoms with E-state index in [9.17, 15) is 4.39 Å². The molecule has 0 bridgehead atoms. The Hall–Kier alpha value is -1.03. The van der Waals surface area contributed by atoms with Gasteiger partial charge in [0.25, 0.3) is 0 Å². The summed E-state index contributed by atoms with van der Waals surface area (Å²) >= 11 is 7.74. The van der Waals surface area contributed by atoms with E-state index in [0.717, 1.165) is 11.3 Å². The van der Waals surface area contributed by atoms with E-state index in [1.807, 2.05) is 6.07 Å². The van der Waals surface area contributed by atoms with Crippen molar-refractivity contribution in [2.45, 2.75) is 24.3 Å². The predicted molar refractivity (Wildman–Crippen MR) is 85.0 cm³/mol. The summed E-state index contributed by atoms with van der Waals surface area (Å²) in [5.41, 5.74) is 8.26. The predicted octanol–water partition coefficient (Wildman–Crippen LogP) is 4.45. The summed E-state index contributed by atoms with van der Waals surface area (Å²) in [5.74, 6) is 0.485. The quantitative estimate of drug-likeness (QED) is 0.826. The molecule has 0 radical (unpaired) electrons. The van der Waals surface area contributed by atoms with Gasteiger partial charge in [0.15, 0.2) is 0 Å². The van der Waals surface area contributed by atoms with Crippen molar-refractivity contribution in [2.75, 3.05) is 5.75 Å². The zero-order valence-electron chi connectivity index (χ0n) is 11.3. The van der Waals surface area contributed by atoms with Crippen LogP contribution < -0.4 is 5.73 Å². The van der Waals surface area contributed by atoms with Crippen molar-refractivity contribution in [3.63, 3.8) is 0 Å². The minimum atomic E-state index is -0.318. The molecule has 0 aliphatic heterocycles. The van der Waals surface area contributed by atoms with Crippen LogP contribution in [-0.4, -0.2) is 11.8 Å². The monoisotopic (exact) mass is 309 g/mol. The first-order chi connectivity index (χ1) is 9.54. The van der Waals surface area contributed by atoms with Crippen molar-refractivity contribution < 1.29 is 4.39 Å². The Morgan fingerprint density at radius 2 is 2.05 bits per heavy atom. The molecule has 2 aromatic carbocycles. The molecule has 2 N–H and O–H groups in total. The number of aryl methyl sites for hydroxylation is 1. The lowest BCUT2D eigenvalue weighted by molar-refractivity contribution is 0.626. The zero-order chi connectivity index (χ0) is 14.5. The van der Waals surface area contributed by atoms with Gasteiger partial charge in [0.05, 0.1) is 0 Å². The molecule has 0 aromatic heterocycles. The second-order valence-electron chi connectivity index (χ2n) is 4.83. The van der Waals surface area contributed by atoms with Crippen molar-refractivity contribution in [1.29, 1.82) is 0 Å². The Bertz CT molecular complexity index is 588. The molecule has 0 saturated heterocycles. The fourth-order valence-electron chi connectivity index (χ4n) is 1.94. The van der Waals surface area contributed by atoms with Crippen LogP contribution in [0.2, 0.25) is 5.02 Å². The van der Waals surface area contributed by atoms with E-state index in [0.29, 0.717) is 11.4 Å². The van der Waals surface area contributed by atoms with Crippen LogP contribution >= 0.6 is 23.4 Å². The molecule has 0 saturated carbocycles. The first kappa shape index (κ1) is 15.4. The van der Waals surface area contributed by atoms with Gasteiger partial charge in [-0.3, -0.25) is 0 Å². The molecule has 1 nitrogen and oxygen atoms in total. The lowest BCUT2D eigenvalue weighted by Gasteiger charge is -2.12. The molecular formula is C16H17ClFNS. The fourth-order valence-corrected chi connectivity index (χ4v) is 3.15. The Morgan fingerprint density at radius 1 is 1.25 bits per heavy atom. The molecule has 0 aliphatic rings. The number of hydrogen-bond acceptors (Lipinski definition) is 2. The van der Waals surface area contributed by atoms with Gasteiger partial charge in [0.1, 0.15) is 5.82 Å². The van der Waals surface area contributed by atoms with Crippen molar-refractivity contribution in [2.24, 2.45) is 5.73 Å². The lowest BCUT2D eigenvalue weighted by Crippen LogP contribution is -2.25. The average molecular weight is 310 g/mol. The van der Waals surface area contributed by atoms with Crippen LogP contribution in [0.25, 0.3) is 0 Å². The molecule has 2 rings (SSSR count). The van der Waals surface area contributed by atoms with Crippen LogP contribution in [0, 0.1) is 12.7 Å². The van der Waals surface area contributed by atoms with Crippen LogP contribution in [-0.2, 0) is 6.42 Å². The van der Waals surface area contributed by atoms with Gasteiger partial charge >= 0.3 is 0 Å². The van der Waals surface area contributed by atoms with Crippen molar-refractivity contribution in [3.05, 3.63) is 64.4 Å². The maximum absolute atomic E-state index is 13.0. The molecule has 0 heterocycles. The van der Waals surface area contributed by atoms with Gasteiger partial charge < -0.3 is 5.73 Å². The number of rotatable bonds is 5. The van der Waals surface area contributed by atoms with Gasteiger partial charge in [0, 0.05) is 21.7 Å². The Morgan fingerprint density at radius 3 is 2.75 bits per heavy atom. The summed E-state index contributed by atoms with van der Waals surface area (Å²) in [6, 6.07) is 12.8. The van der Waals surface area contributed by atoms with E-state index in [1.165, 1.54) is 22.6 Å². The number of nitrogens with two attached hydrogens (primary N) is 1. The van der Waals surface area contributed by atoms with Crippen LogP contribution in [0.5, 0.6) is 0 Å². The molecule has 20 heavy (non-hydrogen) atoms. The smallest absolute Gasteiger partial charge is 0.124 e. The third kappa shape index (κ3) is 4.51. The van der Waals surface area contributed by atoms with Gasteiger partial charge in [-0.1, -0.05) is 35.4 Å². The van der Waals surface area contributed by atoms with E-state index in [2.05, 4.69) is 25.1 Å². The van der Waals surface area contributed by atoms with Gasteiger partial charge in [-0.25, -0.2) is 4.39 Å².